The molecule has 0 aliphatic carbocycles. The maximum Gasteiger partial charge on any atom is 1.00 e. The second kappa shape index (κ2) is 30.7. The van der Waals surface area contributed by atoms with Crippen molar-refractivity contribution in [3.05, 3.63) is 0 Å². The van der Waals surface area contributed by atoms with Gasteiger partial charge in [0.2, 0.25) is 10.4 Å². The van der Waals surface area contributed by atoms with Gasteiger partial charge >= 0.3 is 29.6 Å². The first-order chi connectivity index (χ1) is 19.0. The van der Waals surface area contributed by atoms with Crippen molar-refractivity contribution in [1.29, 1.82) is 0 Å². The third-order valence-electron chi connectivity index (χ3n) is 6.37. The average molecular weight is 623 g/mol. The van der Waals surface area contributed by atoms with E-state index in [0.29, 0.717) is 26.4 Å². The molecule has 0 aromatic carbocycles. The largest absolute Gasteiger partial charge is 1.00 e. The number of rotatable bonds is 28. The van der Waals surface area contributed by atoms with Gasteiger partial charge in [0.05, 0.1) is 33.0 Å². The molecule has 244 valence electrons. The van der Waals surface area contributed by atoms with Crippen LogP contribution in [0, 0.1) is 0 Å². The Balaban J connectivity index is -0.000000701. The van der Waals surface area contributed by atoms with Crippen LogP contribution in [0.5, 0.6) is 0 Å². The summed E-state index contributed by atoms with van der Waals surface area (Å²) in [5.41, 5.74) is 0. The van der Waals surface area contributed by atoms with Gasteiger partial charge in [0.15, 0.2) is 11.6 Å². The van der Waals surface area contributed by atoms with E-state index in [9.17, 15) is 18.1 Å². The molecule has 0 fully saturated rings. The van der Waals surface area contributed by atoms with E-state index >= 15 is 0 Å². The smallest absolute Gasteiger partial charge is 0.726 e. The van der Waals surface area contributed by atoms with Crippen molar-refractivity contribution in [1.82, 2.24) is 0 Å². The molecule has 0 saturated heterocycles. The van der Waals surface area contributed by atoms with Gasteiger partial charge in [0.1, 0.15) is 6.61 Å². The molecule has 0 rings (SSSR count). The van der Waals surface area contributed by atoms with E-state index in [4.69, 9.17) is 18.9 Å². The fourth-order valence-electron chi connectivity index (χ4n) is 3.70. The summed E-state index contributed by atoms with van der Waals surface area (Å²) in [5, 5.41) is 9.34. The minimum atomic E-state index is -4.75. The van der Waals surface area contributed by atoms with E-state index in [1.165, 1.54) is 38.5 Å². The quantitative estimate of drug-likeness (QED) is 0.0448. The molecule has 0 aliphatic heterocycles. The molecule has 0 aromatic heterocycles. The van der Waals surface area contributed by atoms with E-state index in [0.717, 1.165) is 64.2 Å². The second-order valence-corrected chi connectivity index (χ2v) is 11.8. The van der Waals surface area contributed by atoms with Crippen molar-refractivity contribution in [3.63, 3.8) is 0 Å². The molecule has 0 amide bonds. The normalized spacial score (nSPS) is 12.1. The maximum atomic E-state index is 10.6. The van der Waals surface area contributed by atoms with Gasteiger partial charge in [0, 0.05) is 0 Å². The van der Waals surface area contributed by atoms with Crippen molar-refractivity contribution < 1.29 is 70.8 Å². The van der Waals surface area contributed by atoms with E-state index in [2.05, 4.69) is 31.9 Å². The molecular formula is C30H63NaO9S. The van der Waals surface area contributed by atoms with Gasteiger partial charge in [-0.3, -0.25) is 4.18 Å². The average Bonchev–Trinajstić information content (AvgIpc) is 2.92. The molecule has 0 saturated carbocycles. The van der Waals surface area contributed by atoms with Crippen LogP contribution in [0.1, 0.15) is 144 Å². The van der Waals surface area contributed by atoms with Crippen molar-refractivity contribution >= 4 is 10.4 Å². The predicted octanol–water partition coefficient (Wildman–Crippen LogP) is 4.27. The van der Waals surface area contributed by atoms with E-state index < -0.39 is 28.6 Å². The molecule has 41 heavy (non-hydrogen) atoms. The first-order valence-corrected chi connectivity index (χ1v) is 17.1. The third-order valence-corrected chi connectivity index (χ3v) is 6.78. The predicted molar refractivity (Wildman–Crippen MR) is 160 cm³/mol. The SMILES string of the molecule is CCCCCCOC(C)(CO)OCCCCCC.CCCCCCOC(C)(COS(=O)(=O)[O-])OCCCCCC.[Na+]. The van der Waals surface area contributed by atoms with Crippen molar-refractivity contribution in [3.8, 4) is 0 Å². The van der Waals surface area contributed by atoms with Gasteiger partial charge in [-0.05, 0) is 39.5 Å². The minimum absolute atomic E-state index is 0. The van der Waals surface area contributed by atoms with E-state index in [1.807, 2.05) is 6.92 Å². The molecule has 0 heterocycles. The monoisotopic (exact) mass is 622 g/mol. The molecule has 9 nitrogen and oxygen atoms in total. The number of hydrogen-bond acceptors (Lipinski definition) is 9. The maximum absolute atomic E-state index is 10.6. The summed E-state index contributed by atoms with van der Waals surface area (Å²) >= 11 is 0. The number of aliphatic hydroxyl groups is 1. The van der Waals surface area contributed by atoms with Gasteiger partial charge < -0.3 is 28.6 Å². The summed E-state index contributed by atoms with van der Waals surface area (Å²) in [6, 6.07) is 0. The van der Waals surface area contributed by atoms with Crippen molar-refractivity contribution in [2.45, 2.75) is 156 Å². The first kappa shape index (κ1) is 46.1. The van der Waals surface area contributed by atoms with Crippen LogP contribution in [0.15, 0.2) is 0 Å². The Hall–Kier alpha value is 0.670. The third kappa shape index (κ3) is 33.4. The number of hydrogen-bond donors (Lipinski definition) is 1. The standard InChI is InChI=1S/C15H32O6S.C15H32O3.Na/c1-4-6-8-10-12-19-15(3,14-21-22(16,17)18)20-13-11-9-7-5-2;1-4-6-8-10-12-17-15(3,14-16)18-13-11-9-7-5-2;/h4-14H2,1-3H3,(H,16,17,18);16H,4-14H2,1-3H3;/q;;+1/p-1. The van der Waals surface area contributed by atoms with Crippen LogP contribution in [0.25, 0.3) is 0 Å². The Morgan fingerprint density at radius 1 is 0.561 bits per heavy atom. The summed E-state index contributed by atoms with van der Waals surface area (Å²) in [4.78, 5) is 0. The van der Waals surface area contributed by atoms with Crippen molar-refractivity contribution in [2.24, 2.45) is 0 Å². The molecule has 0 bridgehead atoms. The van der Waals surface area contributed by atoms with Gasteiger partial charge in [-0.2, -0.15) is 0 Å². The number of unbranched alkanes of at least 4 members (excludes halogenated alkanes) is 12. The van der Waals surface area contributed by atoms with Crippen LogP contribution >= 0.6 is 0 Å². The Bertz CT molecular complexity index is 607. The Kier molecular flexibility index (Phi) is 34.5. The van der Waals surface area contributed by atoms with E-state index in [-0.39, 0.29) is 36.2 Å². The first-order valence-electron chi connectivity index (χ1n) is 15.8. The van der Waals surface area contributed by atoms with Crippen LogP contribution in [0.3, 0.4) is 0 Å². The fourth-order valence-corrected chi connectivity index (χ4v) is 4.06. The summed E-state index contributed by atoms with van der Waals surface area (Å²) in [6.45, 7) is 13.8. The molecule has 1 N–H and O–H groups in total. The zero-order valence-electron chi connectivity index (χ0n) is 27.7. The van der Waals surface area contributed by atoms with Crippen LogP contribution in [-0.2, 0) is 33.5 Å². The Labute approximate surface area is 275 Å². The molecule has 0 spiro atoms. The Morgan fingerprint density at radius 3 is 1.10 bits per heavy atom. The molecule has 0 aromatic rings. The summed E-state index contributed by atoms with van der Waals surface area (Å²) in [6.07, 6.45) is 17.8. The van der Waals surface area contributed by atoms with Gasteiger partial charge in [-0.15, -0.1) is 0 Å². The fraction of sp³-hybridized carbons (Fsp3) is 1.00. The van der Waals surface area contributed by atoms with E-state index in [1.54, 1.807) is 6.92 Å². The minimum Gasteiger partial charge on any atom is -0.726 e. The number of aliphatic hydroxyl groups excluding tert-OH is 1. The van der Waals surface area contributed by atoms with Crippen molar-refractivity contribution in [2.75, 3.05) is 39.6 Å². The van der Waals surface area contributed by atoms with Crippen LogP contribution < -0.4 is 29.6 Å². The summed E-state index contributed by atoms with van der Waals surface area (Å²) in [5.74, 6) is -2.01. The summed E-state index contributed by atoms with van der Waals surface area (Å²) in [7, 11) is -4.75. The molecular weight excluding hydrogens is 559 g/mol. The summed E-state index contributed by atoms with van der Waals surface area (Å²) < 4.78 is 58.8. The number of ether oxygens (including phenoxy) is 4. The van der Waals surface area contributed by atoms with Crippen LogP contribution in [-0.4, -0.2) is 69.3 Å². The topological polar surface area (TPSA) is 124 Å². The second-order valence-electron chi connectivity index (χ2n) is 10.7. The van der Waals surface area contributed by atoms with Gasteiger partial charge in [-0.1, -0.05) is 105 Å². The zero-order valence-corrected chi connectivity index (χ0v) is 30.5. The van der Waals surface area contributed by atoms with Crippen LogP contribution in [0.2, 0.25) is 0 Å². The molecule has 11 heteroatoms. The Morgan fingerprint density at radius 2 is 0.854 bits per heavy atom. The molecule has 0 aliphatic rings. The van der Waals surface area contributed by atoms with Crippen LogP contribution in [0.4, 0.5) is 0 Å². The molecule has 0 radical (unpaired) electrons. The van der Waals surface area contributed by atoms with Gasteiger partial charge in [0.25, 0.3) is 0 Å². The molecule has 0 unspecified atom stereocenters. The molecule has 0 atom stereocenters. The zero-order chi connectivity index (χ0) is 30.6. The van der Waals surface area contributed by atoms with Gasteiger partial charge in [-0.25, -0.2) is 8.42 Å².